The fraction of sp³-hybridized carbons (Fsp3) is 0.469. The molecular weight excluding hydrogens is 622 g/mol. The van der Waals surface area contributed by atoms with E-state index in [0.717, 1.165) is 56.8 Å². The van der Waals surface area contributed by atoms with Gasteiger partial charge >= 0.3 is 6.01 Å². The van der Waals surface area contributed by atoms with Crippen LogP contribution in [0.5, 0.6) is 11.8 Å². The first-order valence-corrected chi connectivity index (χ1v) is 16.4. The smallest absolute Gasteiger partial charge is 0.319 e. The largest absolute Gasteiger partial charge is 0.489 e. The van der Waals surface area contributed by atoms with Crippen LogP contribution < -0.4 is 20.1 Å². The molecule has 9 nitrogen and oxygen atoms in total. The molecule has 3 aliphatic heterocycles. The van der Waals surface area contributed by atoms with Crippen molar-refractivity contribution in [3.05, 3.63) is 34.4 Å². The summed E-state index contributed by atoms with van der Waals surface area (Å²) >= 11 is 7.97. The molecule has 8 rings (SSSR count). The maximum atomic E-state index is 17.1. The van der Waals surface area contributed by atoms with Crippen molar-refractivity contribution in [1.29, 1.82) is 5.26 Å². The molecule has 3 fully saturated rings. The van der Waals surface area contributed by atoms with Gasteiger partial charge in [-0.3, -0.25) is 4.90 Å². The predicted molar refractivity (Wildman–Crippen MR) is 169 cm³/mol. The summed E-state index contributed by atoms with van der Waals surface area (Å²) in [7, 11) is 2.07. The summed E-state index contributed by atoms with van der Waals surface area (Å²) in [6.07, 6.45) is 3.68. The van der Waals surface area contributed by atoms with Gasteiger partial charge in [-0.25, -0.2) is 8.78 Å². The molecule has 45 heavy (non-hydrogen) atoms. The number of rotatable bonds is 5. The number of anilines is 2. The number of nitrogens with two attached hydrogens (primary N) is 1. The van der Waals surface area contributed by atoms with Crippen molar-refractivity contribution in [2.24, 2.45) is 5.41 Å². The summed E-state index contributed by atoms with van der Waals surface area (Å²) in [6, 6.07) is 5.11. The molecule has 2 aromatic heterocycles. The van der Waals surface area contributed by atoms with Crippen LogP contribution in [-0.4, -0.2) is 73.0 Å². The molecule has 0 radical (unpaired) electrons. The Hall–Kier alpha value is -3.50. The van der Waals surface area contributed by atoms with Crippen molar-refractivity contribution < 1.29 is 23.0 Å². The van der Waals surface area contributed by atoms with Gasteiger partial charge in [0.25, 0.3) is 0 Å². The number of likely N-dealkylation sites (N-methyl/N-ethyl adjacent to an activating group) is 1. The third-order valence-electron chi connectivity index (χ3n) is 10.00. The summed E-state index contributed by atoms with van der Waals surface area (Å²) in [6.45, 7) is 5.25. The summed E-state index contributed by atoms with van der Waals surface area (Å²) in [5.41, 5.74) is 6.54. The molecule has 0 amide bonds. The van der Waals surface area contributed by atoms with Gasteiger partial charge in [-0.2, -0.15) is 15.2 Å². The summed E-state index contributed by atoms with van der Waals surface area (Å²) in [4.78, 5) is 14.0. The number of hydrogen-bond acceptors (Lipinski definition) is 10. The number of nitrogens with zero attached hydrogens (tertiary/aromatic N) is 5. The normalized spacial score (nSPS) is 21.8. The van der Waals surface area contributed by atoms with E-state index in [9.17, 15) is 9.65 Å². The molecule has 4 aliphatic rings. The van der Waals surface area contributed by atoms with Crippen molar-refractivity contribution in [2.45, 2.75) is 50.8 Å². The molecule has 4 aromatic rings. The molecule has 2 saturated heterocycles. The first kappa shape index (κ1) is 28.9. The molecular formula is C32H31ClF2N6O3S. The number of likely N-dealkylation sites (tertiary alicyclic amines) is 1. The van der Waals surface area contributed by atoms with Crippen molar-refractivity contribution in [3.63, 3.8) is 0 Å². The highest BCUT2D eigenvalue weighted by Gasteiger charge is 2.52. The SMILES string of the molecule is C[C@H](Oc1nc2c3c(c(Cl)c(-c4ccc(F)c5sc(N)c(C#N)c45)c(F)c3n1)OCCN2C1CC2(COC2)C1)[C@@H]1CCCN1C. The number of ether oxygens (including phenoxy) is 3. The van der Waals surface area contributed by atoms with Gasteiger partial charge in [0.15, 0.2) is 11.6 Å². The van der Waals surface area contributed by atoms with E-state index >= 15 is 4.39 Å². The number of hydrogen-bond donors (Lipinski definition) is 1. The van der Waals surface area contributed by atoms with E-state index in [2.05, 4.69) is 27.9 Å². The lowest BCUT2D eigenvalue weighted by Crippen LogP contribution is -2.60. The second-order valence-electron chi connectivity index (χ2n) is 12.7. The molecule has 1 spiro atoms. The molecule has 234 valence electrons. The number of aromatic nitrogens is 2. The van der Waals surface area contributed by atoms with Crippen LogP contribution in [0.3, 0.4) is 0 Å². The monoisotopic (exact) mass is 652 g/mol. The maximum absolute atomic E-state index is 17.1. The lowest BCUT2D eigenvalue weighted by molar-refractivity contribution is -0.163. The molecule has 2 aromatic carbocycles. The van der Waals surface area contributed by atoms with Crippen LogP contribution >= 0.6 is 22.9 Å². The van der Waals surface area contributed by atoms with Crippen LogP contribution in [0.25, 0.3) is 32.1 Å². The highest BCUT2D eigenvalue weighted by molar-refractivity contribution is 7.23. The zero-order valence-electron chi connectivity index (χ0n) is 24.8. The predicted octanol–water partition coefficient (Wildman–Crippen LogP) is 6.14. The van der Waals surface area contributed by atoms with E-state index in [4.69, 9.17) is 36.5 Å². The van der Waals surface area contributed by atoms with Crippen molar-refractivity contribution in [2.75, 3.05) is 50.6 Å². The Balaban J connectivity index is 1.34. The number of benzene rings is 2. The molecule has 0 unspecified atom stereocenters. The summed E-state index contributed by atoms with van der Waals surface area (Å²) < 4.78 is 50.3. The van der Waals surface area contributed by atoms with Gasteiger partial charge in [0.2, 0.25) is 0 Å². The average molecular weight is 653 g/mol. The third kappa shape index (κ3) is 4.35. The highest BCUT2D eigenvalue weighted by atomic mass is 35.5. The lowest BCUT2D eigenvalue weighted by atomic mass is 9.63. The maximum Gasteiger partial charge on any atom is 0.319 e. The first-order chi connectivity index (χ1) is 21.7. The fourth-order valence-corrected chi connectivity index (χ4v) is 8.93. The fourth-order valence-electron chi connectivity index (χ4n) is 7.64. The van der Waals surface area contributed by atoms with E-state index in [1.165, 1.54) is 12.1 Å². The second kappa shape index (κ2) is 10.5. The molecule has 0 bridgehead atoms. The van der Waals surface area contributed by atoms with Crippen LogP contribution in [0.1, 0.15) is 38.2 Å². The average Bonchev–Trinajstić information content (AvgIpc) is 3.50. The highest BCUT2D eigenvalue weighted by Crippen LogP contribution is 2.54. The molecule has 13 heteroatoms. The Bertz CT molecular complexity index is 1920. The standard InChI is InChI=1S/C32H31ClF2N6O3S/c1-15(20-4-3-7-40(20)2)44-31-38-26-23-27(43-9-8-41(30(23)39-31)16-10-32(11-16)13-42-14-32)24(33)22(25(26)35)17-5-6-19(34)28-21(17)18(12-36)29(37)45-28/h5-6,15-16,20H,3-4,7-11,13-14,37H2,1-2H3/t15-,20-/m0/s1. The minimum absolute atomic E-state index is 0.000332. The Morgan fingerprint density at radius 2 is 2.02 bits per heavy atom. The van der Waals surface area contributed by atoms with Gasteiger partial charge in [0, 0.05) is 28.4 Å². The van der Waals surface area contributed by atoms with Crippen LogP contribution in [0.15, 0.2) is 12.1 Å². The number of nitrogen functional groups attached to an aromatic ring is 1. The Kier molecular flexibility index (Phi) is 6.77. The molecule has 1 saturated carbocycles. The Morgan fingerprint density at radius 1 is 1.22 bits per heavy atom. The van der Waals surface area contributed by atoms with Gasteiger partial charge in [-0.1, -0.05) is 17.7 Å². The van der Waals surface area contributed by atoms with Gasteiger partial charge in [-0.05, 0) is 57.8 Å². The minimum atomic E-state index is -0.734. The zero-order chi connectivity index (χ0) is 31.2. The molecule has 1 aliphatic carbocycles. The van der Waals surface area contributed by atoms with E-state index in [0.29, 0.717) is 17.7 Å². The number of halogens is 3. The molecule has 2 atom stereocenters. The number of nitriles is 1. The van der Waals surface area contributed by atoms with Crippen LogP contribution in [0.4, 0.5) is 19.6 Å². The first-order valence-electron chi connectivity index (χ1n) is 15.2. The molecule has 2 N–H and O–H groups in total. The summed E-state index contributed by atoms with van der Waals surface area (Å²) in [5.74, 6) is -0.530. The van der Waals surface area contributed by atoms with E-state index in [1.807, 2.05) is 6.92 Å². The lowest BCUT2D eigenvalue weighted by Gasteiger charge is -2.56. The minimum Gasteiger partial charge on any atom is -0.489 e. The van der Waals surface area contributed by atoms with Gasteiger partial charge < -0.3 is 24.8 Å². The topological polar surface area (TPSA) is 110 Å². The van der Waals surface area contributed by atoms with Crippen molar-refractivity contribution in [1.82, 2.24) is 14.9 Å². The van der Waals surface area contributed by atoms with Crippen LogP contribution in [-0.2, 0) is 4.74 Å². The van der Waals surface area contributed by atoms with Gasteiger partial charge in [-0.15, -0.1) is 11.3 Å². The second-order valence-corrected chi connectivity index (χ2v) is 14.2. The van der Waals surface area contributed by atoms with Crippen LogP contribution in [0, 0.1) is 28.4 Å². The van der Waals surface area contributed by atoms with Gasteiger partial charge in [0.05, 0.1) is 40.4 Å². The third-order valence-corrected chi connectivity index (χ3v) is 11.4. The number of fused-ring (bicyclic) bond motifs is 1. The van der Waals surface area contributed by atoms with E-state index < -0.39 is 11.6 Å². The molecule has 5 heterocycles. The number of thiophene rings is 1. The summed E-state index contributed by atoms with van der Waals surface area (Å²) in [5, 5.41) is 10.6. The Labute approximate surface area is 267 Å². The zero-order valence-corrected chi connectivity index (χ0v) is 26.4. The van der Waals surface area contributed by atoms with Crippen LogP contribution in [0.2, 0.25) is 5.02 Å². The van der Waals surface area contributed by atoms with Crippen molar-refractivity contribution >= 4 is 54.7 Å². The quantitative estimate of drug-likeness (QED) is 0.272. The van der Waals surface area contributed by atoms with Gasteiger partial charge in [0.1, 0.15) is 40.9 Å². The van der Waals surface area contributed by atoms with E-state index in [-0.39, 0.29) is 84.3 Å². The van der Waals surface area contributed by atoms with Crippen molar-refractivity contribution in [3.8, 4) is 29.0 Å². The van der Waals surface area contributed by atoms with E-state index in [1.54, 1.807) is 0 Å². The Morgan fingerprint density at radius 3 is 2.71 bits per heavy atom.